The molecule has 22 heavy (non-hydrogen) atoms. The number of carbonyl (C=O) groups excluding carboxylic acids is 1. The number of rotatable bonds is 6. The van der Waals surface area contributed by atoms with Gasteiger partial charge in [-0.15, -0.1) is 0 Å². The van der Waals surface area contributed by atoms with Crippen molar-refractivity contribution in [2.24, 2.45) is 0 Å². The molecule has 0 bridgehead atoms. The summed E-state index contributed by atoms with van der Waals surface area (Å²) in [5, 5.41) is 3.08. The zero-order valence-corrected chi connectivity index (χ0v) is 13.1. The fraction of sp³-hybridized carbons (Fsp3) is 0.588. The topological polar surface area (TPSA) is 50.8 Å². The second-order valence-corrected chi connectivity index (χ2v) is 6.09. The largest absolute Gasteiger partial charge is 0.497 e. The predicted molar refractivity (Wildman–Crippen MR) is 83.9 cm³/mol. The van der Waals surface area contributed by atoms with Crippen LogP contribution in [0.4, 0.5) is 4.79 Å². The maximum absolute atomic E-state index is 12.5. The number of benzene rings is 1. The zero-order chi connectivity index (χ0) is 15.4. The van der Waals surface area contributed by atoms with Crippen molar-refractivity contribution in [1.82, 2.24) is 10.2 Å². The number of hydrogen-bond donors (Lipinski definition) is 1. The van der Waals surface area contributed by atoms with E-state index in [-0.39, 0.29) is 12.1 Å². The van der Waals surface area contributed by atoms with Crippen molar-refractivity contribution in [3.05, 3.63) is 29.8 Å². The molecule has 1 heterocycles. The number of nitrogens with zero attached hydrogens (tertiary/aromatic N) is 1. The first-order valence-corrected chi connectivity index (χ1v) is 8.04. The summed E-state index contributed by atoms with van der Waals surface area (Å²) in [6.07, 6.45) is 4.47. The number of methoxy groups -OCH3 is 1. The molecule has 3 rings (SSSR count). The first-order chi connectivity index (χ1) is 10.7. The van der Waals surface area contributed by atoms with Crippen LogP contribution >= 0.6 is 0 Å². The third-order valence-corrected chi connectivity index (χ3v) is 4.15. The second-order valence-electron chi connectivity index (χ2n) is 6.09. The minimum Gasteiger partial charge on any atom is -0.497 e. The molecule has 1 atom stereocenters. The third kappa shape index (κ3) is 4.13. The van der Waals surface area contributed by atoms with Crippen LogP contribution in [-0.4, -0.2) is 43.3 Å². The van der Waals surface area contributed by atoms with E-state index in [4.69, 9.17) is 9.47 Å². The molecular formula is C17H24N2O3. The lowest BCUT2D eigenvalue weighted by molar-refractivity contribution is 0.0794. The van der Waals surface area contributed by atoms with Gasteiger partial charge in [-0.2, -0.15) is 0 Å². The first kappa shape index (κ1) is 15.2. The van der Waals surface area contributed by atoms with Crippen molar-refractivity contribution < 1.29 is 14.3 Å². The Hall–Kier alpha value is -1.75. The number of nitrogens with one attached hydrogen (secondary N) is 1. The van der Waals surface area contributed by atoms with Crippen LogP contribution in [0.15, 0.2) is 24.3 Å². The summed E-state index contributed by atoms with van der Waals surface area (Å²) in [7, 11) is 1.66. The Bertz CT molecular complexity index is 510. The van der Waals surface area contributed by atoms with E-state index >= 15 is 0 Å². The molecule has 1 saturated heterocycles. The average Bonchev–Trinajstić information content (AvgIpc) is 3.19. The molecule has 1 saturated carbocycles. The van der Waals surface area contributed by atoms with Crippen LogP contribution in [-0.2, 0) is 11.3 Å². The van der Waals surface area contributed by atoms with Crippen LogP contribution in [0.2, 0.25) is 0 Å². The van der Waals surface area contributed by atoms with Crippen LogP contribution in [0.1, 0.15) is 31.2 Å². The summed E-state index contributed by atoms with van der Waals surface area (Å²) in [6.45, 7) is 2.04. The van der Waals surface area contributed by atoms with E-state index in [0.717, 1.165) is 43.6 Å². The standard InChI is InChI=1S/C17H24N2O3/c1-21-15-5-2-4-13(10-15)11-19(12-16-6-3-9-22-16)17(20)18-14-7-8-14/h2,4-5,10,14,16H,3,6-9,11-12H2,1H3,(H,18,20). The highest BCUT2D eigenvalue weighted by molar-refractivity contribution is 5.75. The molecule has 2 fully saturated rings. The van der Waals surface area contributed by atoms with Crippen molar-refractivity contribution in [3.63, 3.8) is 0 Å². The van der Waals surface area contributed by atoms with Gasteiger partial charge in [0.15, 0.2) is 0 Å². The highest BCUT2D eigenvalue weighted by atomic mass is 16.5. The number of carbonyl (C=O) groups is 1. The fourth-order valence-corrected chi connectivity index (χ4v) is 2.74. The lowest BCUT2D eigenvalue weighted by Gasteiger charge is -2.26. The molecule has 0 radical (unpaired) electrons. The van der Waals surface area contributed by atoms with Crippen LogP contribution in [0, 0.1) is 0 Å². The number of ether oxygens (including phenoxy) is 2. The van der Waals surface area contributed by atoms with Crippen LogP contribution in [0.3, 0.4) is 0 Å². The third-order valence-electron chi connectivity index (χ3n) is 4.15. The van der Waals surface area contributed by atoms with Crippen molar-refractivity contribution >= 4 is 6.03 Å². The van der Waals surface area contributed by atoms with Gasteiger partial charge in [-0.1, -0.05) is 12.1 Å². The Morgan fingerprint density at radius 1 is 1.41 bits per heavy atom. The molecule has 120 valence electrons. The van der Waals surface area contributed by atoms with Gasteiger partial charge in [0.25, 0.3) is 0 Å². The van der Waals surface area contributed by atoms with E-state index in [1.165, 1.54) is 0 Å². The average molecular weight is 304 g/mol. The molecule has 2 aliphatic rings. The monoisotopic (exact) mass is 304 g/mol. The van der Waals surface area contributed by atoms with Crippen molar-refractivity contribution in [3.8, 4) is 5.75 Å². The van der Waals surface area contributed by atoms with Gasteiger partial charge in [0.05, 0.1) is 13.2 Å². The summed E-state index contributed by atoms with van der Waals surface area (Å²) in [5.74, 6) is 0.817. The Balaban J connectivity index is 1.66. The minimum absolute atomic E-state index is 0.0146. The highest BCUT2D eigenvalue weighted by Crippen LogP contribution is 2.21. The van der Waals surface area contributed by atoms with Crippen LogP contribution in [0.25, 0.3) is 0 Å². The van der Waals surface area contributed by atoms with Crippen molar-refractivity contribution in [2.45, 2.75) is 44.4 Å². The molecule has 5 nitrogen and oxygen atoms in total. The molecule has 1 aromatic carbocycles. The number of amides is 2. The summed E-state index contributed by atoms with van der Waals surface area (Å²) in [5.41, 5.74) is 1.07. The summed E-state index contributed by atoms with van der Waals surface area (Å²) >= 11 is 0. The van der Waals surface area contributed by atoms with E-state index in [1.807, 2.05) is 29.2 Å². The Morgan fingerprint density at radius 3 is 2.95 bits per heavy atom. The number of urea groups is 1. The molecule has 1 aliphatic carbocycles. The highest BCUT2D eigenvalue weighted by Gasteiger charge is 2.28. The van der Waals surface area contributed by atoms with Gasteiger partial charge < -0.3 is 19.7 Å². The second kappa shape index (κ2) is 7.01. The molecule has 2 amide bonds. The summed E-state index contributed by atoms with van der Waals surface area (Å²) in [4.78, 5) is 14.3. The molecule has 0 aromatic heterocycles. The molecule has 1 N–H and O–H groups in total. The van der Waals surface area contributed by atoms with Gasteiger partial charge >= 0.3 is 6.03 Å². The Morgan fingerprint density at radius 2 is 2.27 bits per heavy atom. The molecule has 1 unspecified atom stereocenters. The normalized spacial score (nSPS) is 20.7. The maximum Gasteiger partial charge on any atom is 0.318 e. The molecule has 5 heteroatoms. The molecular weight excluding hydrogens is 280 g/mol. The predicted octanol–water partition coefficient (Wildman–Crippen LogP) is 2.55. The maximum atomic E-state index is 12.5. The van der Waals surface area contributed by atoms with Gasteiger partial charge in [-0.3, -0.25) is 0 Å². The first-order valence-electron chi connectivity index (χ1n) is 8.04. The number of hydrogen-bond acceptors (Lipinski definition) is 3. The minimum atomic E-state index is 0.0146. The molecule has 1 aromatic rings. The quantitative estimate of drug-likeness (QED) is 0.878. The zero-order valence-electron chi connectivity index (χ0n) is 13.1. The smallest absolute Gasteiger partial charge is 0.318 e. The van der Waals surface area contributed by atoms with E-state index in [1.54, 1.807) is 7.11 Å². The lowest BCUT2D eigenvalue weighted by Crippen LogP contribution is -2.44. The van der Waals surface area contributed by atoms with Crippen molar-refractivity contribution in [1.29, 1.82) is 0 Å². The SMILES string of the molecule is COc1cccc(CN(CC2CCCO2)C(=O)NC2CC2)c1. The van der Waals surface area contributed by atoms with E-state index < -0.39 is 0 Å². The lowest BCUT2D eigenvalue weighted by atomic mass is 10.2. The van der Waals surface area contributed by atoms with E-state index in [9.17, 15) is 4.79 Å². The summed E-state index contributed by atoms with van der Waals surface area (Å²) in [6, 6.07) is 8.25. The van der Waals surface area contributed by atoms with Gasteiger partial charge in [0, 0.05) is 25.7 Å². The van der Waals surface area contributed by atoms with E-state index in [0.29, 0.717) is 19.1 Å². The van der Waals surface area contributed by atoms with Gasteiger partial charge in [0.2, 0.25) is 0 Å². The van der Waals surface area contributed by atoms with Crippen molar-refractivity contribution in [2.75, 3.05) is 20.3 Å². The summed E-state index contributed by atoms with van der Waals surface area (Å²) < 4.78 is 11.0. The van der Waals surface area contributed by atoms with E-state index in [2.05, 4.69) is 5.32 Å². The van der Waals surface area contributed by atoms with Crippen LogP contribution < -0.4 is 10.1 Å². The van der Waals surface area contributed by atoms with Gasteiger partial charge in [-0.25, -0.2) is 4.79 Å². The van der Waals surface area contributed by atoms with Gasteiger partial charge in [0.1, 0.15) is 5.75 Å². The Labute approximate surface area is 131 Å². The molecule has 0 spiro atoms. The fourth-order valence-electron chi connectivity index (χ4n) is 2.74. The van der Waals surface area contributed by atoms with Crippen LogP contribution in [0.5, 0.6) is 5.75 Å². The molecule has 1 aliphatic heterocycles. The van der Waals surface area contributed by atoms with Gasteiger partial charge in [-0.05, 0) is 43.4 Å². The Kier molecular flexibility index (Phi) is 4.83.